The molecule has 2 saturated heterocycles. The highest BCUT2D eigenvalue weighted by Gasteiger charge is 2.39. The summed E-state index contributed by atoms with van der Waals surface area (Å²) in [6.07, 6.45) is 5.18. The molecule has 3 aromatic rings. The van der Waals surface area contributed by atoms with Gasteiger partial charge < -0.3 is 14.7 Å². The van der Waals surface area contributed by atoms with Crippen molar-refractivity contribution in [3.8, 4) is 0 Å². The summed E-state index contributed by atoms with van der Waals surface area (Å²) in [7, 11) is 1.74. The van der Waals surface area contributed by atoms with Gasteiger partial charge in [0.15, 0.2) is 0 Å². The van der Waals surface area contributed by atoms with Gasteiger partial charge in [-0.3, -0.25) is 14.4 Å². The molecule has 38 heavy (non-hydrogen) atoms. The lowest BCUT2D eigenvalue weighted by atomic mass is 9.84. The highest BCUT2D eigenvalue weighted by Crippen LogP contribution is 2.35. The second-order valence-corrected chi connectivity index (χ2v) is 10.7. The van der Waals surface area contributed by atoms with Crippen LogP contribution < -0.4 is 0 Å². The third-order valence-corrected chi connectivity index (χ3v) is 8.41. The number of amides is 3. The minimum Gasteiger partial charge on any atom is -0.343 e. The summed E-state index contributed by atoms with van der Waals surface area (Å²) in [6, 6.07) is 6.95. The van der Waals surface area contributed by atoms with Crippen molar-refractivity contribution in [1.82, 2.24) is 34.3 Å². The first-order valence-electron chi connectivity index (χ1n) is 12.7. The van der Waals surface area contributed by atoms with E-state index in [0.29, 0.717) is 61.3 Å². The Balaban J connectivity index is 1.38. The molecule has 2 atom stereocenters. The van der Waals surface area contributed by atoms with E-state index in [0.717, 1.165) is 5.56 Å². The summed E-state index contributed by atoms with van der Waals surface area (Å²) in [4.78, 5) is 52.5. The Bertz CT molecular complexity index is 1340. The highest BCUT2D eigenvalue weighted by molar-refractivity contribution is 6.42. The second-order valence-electron chi connectivity index (χ2n) is 9.92. The van der Waals surface area contributed by atoms with E-state index in [1.54, 1.807) is 48.3 Å². The van der Waals surface area contributed by atoms with Crippen LogP contribution >= 0.6 is 23.2 Å². The van der Waals surface area contributed by atoms with Crippen LogP contribution in [0.15, 0.2) is 36.7 Å². The van der Waals surface area contributed by atoms with E-state index in [9.17, 15) is 14.4 Å². The summed E-state index contributed by atoms with van der Waals surface area (Å²) in [5.41, 5.74) is 0.901. The molecule has 0 spiro atoms. The zero-order valence-corrected chi connectivity index (χ0v) is 22.8. The first kappa shape index (κ1) is 26.4. The first-order valence-corrected chi connectivity index (χ1v) is 13.4. The van der Waals surface area contributed by atoms with Crippen LogP contribution in [0.3, 0.4) is 0 Å². The molecule has 5 rings (SSSR count). The smallest absolute Gasteiger partial charge is 0.293 e. The molecule has 3 amide bonds. The zero-order chi connectivity index (χ0) is 27.0. The Morgan fingerprint density at radius 1 is 1.03 bits per heavy atom. The average molecular weight is 558 g/mol. The Kier molecular flexibility index (Phi) is 7.54. The molecule has 2 aliphatic rings. The quantitative estimate of drug-likeness (QED) is 0.488. The maximum atomic E-state index is 13.5. The molecule has 0 N–H and O–H groups in total. The van der Waals surface area contributed by atoms with Gasteiger partial charge in [-0.2, -0.15) is 4.98 Å². The third kappa shape index (κ3) is 5.19. The molecule has 12 heteroatoms. The van der Waals surface area contributed by atoms with E-state index in [-0.39, 0.29) is 41.4 Å². The summed E-state index contributed by atoms with van der Waals surface area (Å²) in [5.74, 6) is -0.0772. The fourth-order valence-corrected chi connectivity index (χ4v) is 5.81. The van der Waals surface area contributed by atoms with Gasteiger partial charge in [0, 0.05) is 70.4 Å². The molecule has 0 radical (unpaired) electrons. The molecule has 10 nitrogen and oxygen atoms in total. The van der Waals surface area contributed by atoms with Crippen molar-refractivity contribution in [3.63, 3.8) is 0 Å². The topological polar surface area (TPSA) is 104 Å². The lowest BCUT2D eigenvalue weighted by Gasteiger charge is -2.44. The van der Waals surface area contributed by atoms with Crippen molar-refractivity contribution in [2.45, 2.75) is 38.1 Å². The van der Waals surface area contributed by atoms with Gasteiger partial charge in [-0.15, -0.1) is 5.10 Å². The van der Waals surface area contributed by atoms with Crippen LogP contribution in [0, 0.1) is 5.92 Å². The third-order valence-electron chi connectivity index (χ3n) is 7.68. The van der Waals surface area contributed by atoms with E-state index < -0.39 is 0 Å². The van der Waals surface area contributed by atoms with Crippen LogP contribution in [0.25, 0.3) is 5.78 Å². The normalized spacial score (nSPS) is 20.5. The molecule has 0 unspecified atom stereocenters. The standard InChI is InChI=1S/C26H29Cl2N7O3/c1-16(36)33-11-6-17(7-12-33)24(37)34-13-8-22(19(15-34)18-4-5-20(27)21(28)14-18)32(2)25(38)23-30-26-29-9-3-10-35(26)31-23/h3-5,9-10,14,17,19,22H,6-8,11-13,15H2,1-2H3/t19-,22+/m0/s1. The molecular weight excluding hydrogens is 529 g/mol. The van der Waals surface area contributed by atoms with Crippen LogP contribution in [0.4, 0.5) is 0 Å². The molecule has 0 bridgehead atoms. The Labute approximate surface area is 230 Å². The lowest BCUT2D eigenvalue weighted by Crippen LogP contribution is -2.53. The van der Waals surface area contributed by atoms with Gasteiger partial charge in [0.2, 0.25) is 17.6 Å². The van der Waals surface area contributed by atoms with Gasteiger partial charge in [-0.05, 0) is 43.0 Å². The number of hydrogen-bond donors (Lipinski definition) is 0. The van der Waals surface area contributed by atoms with Crippen molar-refractivity contribution in [1.29, 1.82) is 0 Å². The molecule has 2 fully saturated rings. The minimum atomic E-state index is -0.318. The number of carbonyl (C=O) groups is 3. The Morgan fingerprint density at radius 2 is 1.76 bits per heavy atom. The number of rotatable bonds is 4. The SMILES string of the molecule is CC(=O)N1CCC(C(=O)N2CC[C@@H](N(C)C(=O)c3nc4ncccn4n3)[C@H](c3ccc(Cl)c(Cl)c3)C2)CC1. The summed E-state index contributed by atoms with van der Waals surface area (Å²) in [5, 5.41) is 5.16. The van der Waals surface area contributed by atoms with E-state index in [1.807, 2.05) is 17.0 Å². The number of hydrogen-bond acceptors (Lipinski definition) is 6. The molecule has 2 aliphatic heterocycles. The summed E-state index contributed by atoms with van der Waals surface area (Å²) >= 11 is 12.6. The molecule has 4 heterocycles. The number of likely N-dealkylation sites (N-methyl/N-ethyl adjacent to an activating group) is 1. The van der Waals surface area contributed by atoms with E-state index in [4.69, 9.17) is 23.2 Å². The van der Waals surface area contributed by atoms with Gasteiger partial charge in [-0.1, -0.05) is 29.3 Å². The summed E-state index contributed by atoms with van der Waals surface area (Å²) < 4.78 is 1.47. The number of benzene rings is 1. The number of nitrogens with zero attached hydrogens (tertiary/aromatic N) is 7. The van der Waals surface area contributed by atoms with E-state index in [1.165, 1.54) is 4.52 Å². The van der Waals surface area contributed by atoms with Crippen molar-refractivity contribution < 1.29 is 14.4 Å². The van der Waals surface area contributed by atoms with Gasteiger partial charge in [0.25, 0.3) is 11.7 Å². The fourth-order valence-electron chi connectivity index (χ4n) is 5.51. The zero-order valence-electron chi connectivity index (χ0n) is 21.3. The van der Waals surface area contributed by atoms with Gasteiger partial charge in [0.1, 0.15) is 0 Å². The lowest BCUT2D eigenvalue weighted by molar-refractivity contribution is -0.141. The molecule has 0 aliphatic carbocycles. The van der Waals surface area contributed by atoms with Crippen molar-refractivity contribution in [2.75, 3.05) is 33.2 Å². The second kappa shape index (κ2) is 10.9. The number of carbonyl (C=O) groups excluding carboxylic acids is 3. The highest BCUT2D eigenvalue weighted by atomic mass is 35.5. The van der Waals surface area contributed by atoms with Crippen molar-refractivity contribution in [2.24, 2.45) is 5.92 Å². The molecule has 0 saturated carbocycles. The van der Waals surface area contributed by atoms with Crippen molar-refractivity contribution in [3.05, 3.63) is 58.1 Å². The molecule has 2 aromatic heterocycles. The van der Waals surface area contributed by atoms with Crippen LogP contribution in [-0.4, -0.2) is 91.3 Å². The maximum absolute atomic E-state index is 13.5. The number of piperidine rings is 2. The number of likely N-dealkylation sites (tertiary alicyclic amines) is 2. The predicted molar refractivity (Wildman–Crippen MR) is 142 cm³/mol. The van der Waals surface area contributed by atoms with Crippen LogP contribution in [0.5, 0.6) is 0 Å². The van der Waals surface area contributed by atoms with Crippen LogP contribution in [0.2, 0.25) is 10.0 Å². The average Bonchev–Trinajstić information content (AvgIpc) is 3.37. The molecular formula is C26H29Cl2N7O3. The van der Waals surface area contributed by atoms with Gasteiger partial charge >= 0.3 is 0 Å². The Morgan fingerprint density at radius 3 is 2.45 bits per heavy atom. The number of fused-ring (bicyclic) bond motifs is 1. The fraction of sp³-hybridized carbons (Fsp3) is 0.462. The molecule has 200 valence electrons. The summed E-state index contributed by atoms with van der Waals surface area (Å²) in [6.45, 7) is 3.70. The minimum absolute atomic E-state index is 0.0416. The first-order chi connectivity index (χ1) is 18.2. The number of halogens is 2. The van der Waals surface area contributed by atoms with E-state index in [2.05, 4.69) is 15.1 Å². The maximum Gasteiger partial charge on any atom is 0.293 e. The molecule has 1 aromatic carbocycles. The van der Waals surface area contributed by atoms with Crippen LogP contribution in [-0.2, 0) is 9.59 Å². The van der Waals surface area contributed by atoms with Gasteiger partial charge in [-0.25, -0.2) is 9.50 Å². The largest absolute Gasteiger partial charge is 0.343 e. The van der Waals surface area contributed by atoms with Gasteiger partial charge in [0.05, 0.1) is 10.0 Å². The predicted octanol–water partition coefficient (Wildman–Crippen LogP) is 3.15. The number of aromatic nitrogens is 4. The van der Waals surface area contributed by atoms with Crippen LogP contribution in [0.1, 0.15) is 48.3 Å². The monoisotopic (exact) mass is 557 g/mol. The van der Waals surface area contributed by atoms with E-state index >= 15 is 0 Å². The Hall–Kier alpha value is -3.24. The van der Waals surface area contributed by atoms with Crippen molar-refractivity contribution >= 4 is 46.7 Å².